The van der Waals surface area contributed by atoms with E-state index in [0.717, 1.165) is 0 Å². The third-order valence-corrected chi connectivity index (χ3v) is 17.9. The fourth-order valence-electron chi connectivity index (χ4n) is 10.6. The summed E-state index contributed by atoms with van der Waals surface area (Å²) >= 11 is 0. The number of hydrogen-bond acceptors (Lipinski definition) is 0. The normalized spacial score (nSPS) is 12.4. The third-order valence-electron chi connectivity index (χ3n) is 13.2. The molecule has 11 aromatic carbocycles. The van der Waals surface area contributed by atoms with Crippen molar-refractivity contribution in [3.63, 3.8) is 0 Å². The molecule has 13 rings (SSSR count). The first-order valence-electron chi connectivity index (χ1n) is 20.5. The van der Waals surface area contributed by atoms with Crippen molar-refractivity contribution in [3.05, 3.63) is 218 Å². The van der Waals surface area contributed by atoms with Crippen LogP contribution < -0.4 is 20.7 Å². The second kappa shape index (κ2) is 12.3. The molecule has 0 unspecified atom stereocenters. The fourth-order valence-corrected chi connectivity index (χ4v) is 15.4. The van der Waals surface area contributed by atoms with E-state index in [-0.39, 0.29) is 0 Å². The maximum absolute atomic E-state index is 2.90. The summed E-state index contributed by atoms with van der Waals surface area (Å²) in [4.78, 5) is 0. The largest absolute Gasteiger partial charge is 0.309 e. The highest BCUT2D eigenvalue weighted by Gasteiger charge is 2.41. The van der Waals surface area contributed by atoms with Gasteiger partial charge in [0.05, 0.1) is 22.1 Å². The maximum Gasteiger partial charge on any atom is 0.179 e. The van der Waals surface area contributed by atoms with Crippen LogP contribution >= 0.6 is 0 Å². The minimum Gasteiger partial charge on any atom is -0.309 e. The molecule has 0 spiro atoms. The minimum absolute atomic E-state index is 1.17. The fraction of sp³-hybridized carbons (Fsp3) is 0. The van der Waals surface area contributed by atoms with Gasteiger partial charge in [0.15, 0.2) is 8.07 Å². The summed E-state index contributed by atoms with van der Waals surface area (Å²) in [5.74, 6) is 0. The summed E-state index contributed by atoms with van der Waals surface area (Å²) in [6.07, 6.45) is 0. The van der Waals surface area contributed by atoms with Gasteiger partial charge in [-0.1, -0.05) is 170 Å². The van der Waals surface area contributed by atoms with E-state index in [1.165, 1.54) is 108 Å². The molecular weight excluding hydrogens is 729 g/mol. The Morgan fingerprint density at radius 3 is 1.02 bits per heavy atom. The van der Waals surface area contributed by atoms with Crippen LogP contribution in [-0.4, -0.2) is 17.2 Å². The van der Waals surface area contributed by atoms with Gasteiger partial charge in [0.25, 0.3) is 0 Å². The number of rotatable bonds is 6. The summed E-state index contributed by atoms with van der Waals surface area (Å²) < 4.78 is 4.92. The molecule has 274 valence electrons. The molecule has 0 amide bonds. The van der Waals surface area contributed by atoms with Crippen LogP contribution in [0, 0.1) is 0 Å². The van der Waals surface area contributed by atoms with Crippen LogP contribution in [0.25, 0.3) is 87.3 Å². The van der Waals surface area contributed by atoms with Crippen LogP contribution in [0.4, 0.5) is 0 Å². The Kier molecular flexibility index (Phi) is 6.78. The zero-order valence-corrected chi connectivity index (χ0v) is 33.2. The van der Waals surface area contributed by atoms with Gasteiger partial charge in [0.2, 0.25) is 0 Å². The summed E-state index contributed by atoms with van der Waals surface area (Å²) in [5.41, 5.74) is 7.32. The quantitative estimate of drug-likeness (QED) is 0.0907. The molecular formula is C56H36N2Si. The summed E-state index contributed by atoms with van der Waals surface area (Å²) in [6.45, 7) is 0. The predicted octanol–water partition coefficient (Wildman–Crippen LogP) is 11.6. The maximum atomic E-state index is 2.47. The molecule has 0 saturated heterocycles. The van der Waals surface area contributed by atoms with Crippen molar-refractivity contribution in [1.82, 2.24) is 9.13 Å². The van der Waals surface area contributed by atoms with Crippen molar-refractivity contribution in [3.8, 4) is 11.4 Å². The Balaban J connectivity index is 1.05. The minimum atomic E-state index is -2.90. The molecule has 0 fully saturated rings. The number of benzene rings is 11. The first-order chi connectivity index (χ1) is 29.3. The van der Waals surface area contributed by atoms with E-state index in [0.29, 0.717) is 0 Å². The van der Waals surface area contributed by atoms with E-state index in [2.05, 4.69) is 228 Å². The molecule has 0 saturated carbocycles. The number of aromatic nitrogens is 2. The molecule has 0 aliphatic rings. The zero-order chi connectivity index (χ0) is 38.7. The smallest absolute Gasteiger partial charge is 0.179 e. The van der Waals surface area contributed by atoms with Gasteiger partial charge in [-0.05, 0) is 102 Å². The Morgan fingerprint density at radius 2 is 0.576 bits per heavy atom. The first-order valence-corrected chi connectivity index (χ1v) is 22.5. The van der Waals surface area contributed by atoms with Gasteiger partial charge in [-0.2, -0.15) is 0 Å². The summed E-state index contributed by atoms with van der Waals surface area (Å²) in [5, 5.41) is 18.4. The first kappa shape index (κ1) is 32.6. The van der Waals surface area contributed by atoms with Crippen LogP contribution in [-0.2, 0) is 0 Å². The van der Waals surface area contributed by atoms with Crippen molar-refractivity contribution >= 4 is 105 Å². The molecule has 2 heterocycles. The average molecular weight is 765 g/mol. The van der Waals surface area contributed by atoms with Crippen molar-refractivity contribution in [2.24, 2.45) is 0 Å². The Hall–Kier alpha value is -7.46. The molecule has 3 heteroatoms. The standard InChI is InChI=1S/C56H36N2Si/c1-2-16-45(17-3-1)59(48-31-26-37-10-4-5-11-42(37)36-48,46-32-27-43(28-33-46)57-49-18-6-12-38-22-23-39-13-7-19-50(57)54(39)53(38)49)47-34-29-44(30-35-47)58-51-20-8-14-40-24-25-41-15-9-21-52(58)56(41)55(40)51/h1-36H. The highest BCUT2D eigenvalue weighted by molar-refractivity contribution is 7.20. The Morgan fingerprint density at radius 1 is 0.237 bits per heavy atom. The lowest BCUT2D eigenvalue weighted by atomic mass is 10.0. The van der Waals surface area contributed by atoms with Gasteiger partial charge in [-0.25, -0.2) is 0 Å². The Labute approximate surface area is 342 Å². The van der Waals surface area contributed by atoms with Crippen molar-refractivity contribution < 1.29 is 0 Å². The highest BCUT2D eigenvalue weighted by Crippen LogP contribution is 2.40. The lowest BCUT2D eigenvalue weighted by Gasteiger charge is -2.35. The van der Waals surface area contributed by atoms with Crippen LogP contribution in [0.1, 0.15) is 0 Å². The van der Waals surface area contributed by atoms with E-state index in [1.54, 1.807) is 0 Å². The van der Waals surface area contributed by atoms with Gasteiger partial charge in [-0.3, -0.25) is 0 Å². The molecule has 0 atom stereocenters. The van der Waals surface area contributed by atoms with Crippen LogP contribution in [0.5, 0.6) is 0 Å². The predicted molar refractivity (Wildman–Crippen MR) is 254 cm³/mol. The van der Waals surface area contributed by atoms with Gasteiger partial charge >= 0.3 is 0 Å². The molecule has 0 N–H and O–H groups in total. The topological polar surface area (TPSA) is 9.86 Å². The molecule has 2 aromatic heterocycles. The van der Waals surface area contributed by atoms with Crippen molar-refractivity contribution in [1.29, 1.82) is 0 Å². The molecule has 2 nitrogen and oxygen atoms in total. The van der Waals surface area contributed by atoms with Gasteiger partial charge in [-0.15, -0.1) is 0 Å². The van der Waals surface area contributed by atoms with Crippen LogP contribution in [0.3, 0.4) is 0 Å². The van der Waals surface area contributed by atoms with E-state index >= 15 is 0 Å². The van der Waals surface area contributed by atoms with Crippen molar-refractivity contribution in [2.45, 2.75) is 0 Å². The van der Waals surface area contributed by atoms with E-state index in [4.69, 9.17) is 0 Å². The van der Waals surface area contributed by atoms with E-state index in [9.17, 15) is 0 Å². The second-order valence-corrected chi connectivity index (χ2v) is 19.9. The monoisotopic (exact) mass is 764 g/mol. The lowest BCUT2D eigenvalue weighted by Crippen LogP contribution is -2.74. The number of fused-ring (bicyclic) bond motifs is 1. The molecule has 0 aliphatic heterocycles. The summed E-state index contributed by atoms with van der Waals surface area (Å²) in [7, 11) is -2.90. The third kappa shape index (κ3) is 4.51. The van der Waals surface area contributed by atoms with Crippen LogP contribution in [0.2, 0.25) is 0 Å². The highest BCUT2D eigenvalue weighted by atomic mass is 28.3. The lowest BCUT2D eigenvalue weighted by molar-refractivity contribution is 1.18. The van der Waals surface area contributed by atoms with Gasteiger partial charge in [0.1, 0.15) is 0 Å². The van der Waals surface area contributed by atoms with Crippen LogP contribution in [0.15, 0.2) is 218 Å². The molecule has 59 heavy (non-hydrogen) atoms. The molecule has 13 aromatic rings. The Bertz CT molecular complexity index is 3380. The van der Waals surface area contributed by atoms with Gasteiger partial charge in [0, 0.05) is 32.9 Å². The number of hydrogen-bond donors (Lipinski definition) is 0. The summed E-state index contributed by atoms with van der Waals surface area (Å²) in [6, 6.07) is 82.3. The van der Waals surface area contributed by atoms with Crippen molar-refractivity contribution in [2.75, 3.05) is 0 Å². The van der Waals surface area contributed by atoms with E-state index < -0.39 is 8.07 Å². The second-order valence-electron chi connectivity index (χ2n) is 16.1. The molecule has 0 aliphatic carbocycles. The average Bonchev–Trinajstić information content (AvgIpc) is 3.84. The van der Waals surface area contributed by atoms with Gasteiger partial charge < -0.3 is 9.13 Å². The van der Waals surface area contributed by atoms with E-state index in [1.807, 2.05) is 0 Å². The molecule has 0 bridgehead atoms. The zero-order valence-electron chi connectivity index (χ0n) is 32.2. The molecule has 0 radical (unpaired) electrons. The number of nitrogens with zero attached hydrogens (tertiary/aromatic N) is 2. The SMILES string of the molecule is c1ccc([Si](c2ccc(-n3c4cccc5ccc6cccc3c6c54)cc2)(c2ccc(-n3c4cccc5ccc6cccc3c6c54)cc2)c2ccc3ccccc3c2)cc1.